The van der Waals surface area contributed by atoms with Gasteiger partial charge in [0.05, 0.1) is 30.3 Å². The van der Waals surface area contributed by atoms with E-state index in [1.54, 1.807) is 12.4 Å². The minimum absolute atomic E-state index is 0.164. The highest BCUT2D eigenvalue weighted by atomic mass is 32.2. The Balaban J connectivity index is 1.52. The molecule has 1 fully saturated rings. The van der Waals surface area contributed by atoms with Crippen LogP contribution in [0.15, 0.2) is 53.7 Å². The van der Waals surface area contributed by atoms with E-state index >= 15 is 0 Å². The number of carbonyl (C=O) groups excluding carboxylic acids is 1. The van der Waals surface area contributed by atoms with Crippen molar-refractivity contribution < 1.29 is 22.7 Å². The van der Waals surface area contributed by atoms with Crippen LogP contribution in [0.3, 0.4) is 0 Å². The van der Waals surface area contributed by atoms with Crippen molar-refractivity contribution in [3.05, 3.63) is 59.9 Å². The third-order valence-corrected chi connectivity index (χ3v) is 6.18. The maximum atomic E-state index is 12.6. The fourth-order valence-corrected chi connectivity index (χ4v) is 4.18. The number of hydrogen-bond donors (Lipinski definition) is 0. The number of morpholine rings is 1. The van der Waals surface area contributed by atoms with Gasteiger partial charge in [-0.05, 0) is 48.7 Å². The zero-order chi connectivity index (χ0) is 19.1. The molecule has 1 aromatic carbocycles. The Bertz CT molecular complexity index is 847. The van der Waals surface area contributed by atoms with Gasteiger partial charge in [0, 0.05) is 25.5 Å². The highest BCUT2D eigenvalue weighted by molar-refractivity contribution is 7.89. The van der Waals surface area contributed by atoms with Gasteiger partial charge in [-0.15, -0.1) is 0 Å². The number of carbonyl (C=O) groups is 1. The van der Waals surface area contributed by atoms with Crippen LogP contribution in [-0.4, -0.2) is 56.6 Å². The summed E-state index contributed by atoms with van der Waals surface area (Å²) in [7, 11) is -3.56. The lowest BCUT2D eigenvalue weighted by molar-refractivity contribution is 0.0500. The number of hydrogen-bond acceptors (Lipinski definition) is 6. The highest BCUT2D eigenvalue weighted by Gasteiger charge is 2.26. The van der Waals surface area contributed by atoms with Crippen LogP contribution in [0.25, 0.3) is 0 Å². The standard InChI is InChI=1S/C19H22N2O5S/c22-19(26-12-2-4-16-3-1-9-20-15-16)17-5-7-18(8-6-17)27(23,24)21-10-13-25-14-11-21/h1,3,5-9,15H,2,4,10-14H2. The molecule has 0 unspecified atom stereocenters. The molecule has 3 rings (SSSR count). The van der Waals surface area contributed by atoms with Crippen molar-refractivity contribution in [2.24, 2.45) is 0 Å². The second-order valence-corrected chi connectivity index (χ2v) is 8.08. The zero-order valence-corrected chi connectivity index (χ0v) is 15.7. The molecule has 0 atom stereocenters. The van der Waals surface area contributed by atoms with E-state index in [2.05, 4.69) is 4.98 Å². The summed E-state index contributed by atoms with van der Waals surface area (Å²) in [5, 5.41) is 0. The molecular formula is C19H22N2O5S. The summed E-state index contributed by atoms with van der Waals surface area (Å²) in [6, 6.07) is 9.69. The van der Waals surface area contributed by atoms with E-state index < -0.39 is 16.0 Å². The average Bonchev–Trinajstić information content (AvgIpc) is 2.72. The molecule has 0 amide bonds. The SMILES string of the molecule is O=C(OCCCc1cccnc1)c1ccc(S(=O)(=O)N2CCOCC2)cc1. The first kappa shape index (κ1) is 19.5. The van der Waals surface area contributed by atoms with Crippen LogP contribution in [-0.2, 0) is 25.9 Å². The summed E-state index contributed by atoms with van der Waals surface area (Å²) in [6.45, 7) is 1.75. The van der Waals surface area contributed by atoms with Crippen molar-refractivity contribution in [2.45, 2.75) is 17.7 Å². The Morgan fingerprint density at radius 3 is 2.56 bits per heavy atom. The monoisotopic (exact) mass is 390 g/mol. The van der Waals surface area contributed by atoms with Crippen LogP contribution < -0.4 is 0 Å². The minimum Gasteiger partial charge on any atom is -0.462 e. The largest absolute Gasteiger partial charge is 0.462 e. The van der Waals surface area contributed by atoms with E-state index in [1.807, 2.05) is 12.1 Å². The lowest BCUT2D eigenvalue weighted by atomic mass is 10.2. The van der Waals surface area contributed by atoms with E-state index in [4.69, 9.17) is 9.47 Å². The molecule has 1 aromatic heterocycles. The van der Waals surface area contributed by atoms with Gasteiger partial charge in [-0.2, -0.15) is 4.31 Å². The third-order valence-electron chi connectivity index (χ3n) is 4.26. The Morgan fingerprint density at radius 2 is 1.89 bits per heavy atom. The molecular weight excluding hydrogens is 368 g/mol. The van der Waals surface area contributed by atoms with Gasteiger partial charge in [-0.1, -0.05) is 6.07 Å². The zero-order valence-electron chi connectivity index (χ0n) is 14.9. The minimum atomic E-state index is -3.56. The summed E-state index contributed by atoms with van der Waals surface area (Å²) in [4.78, 5) is 16.3. The molecule has 0 bridgehead atoms. The Labute approximate surface area is 159 Å². The first-order valence-corrected chi connectivity index (χ1v) is 10.3. The number of rotatable bonds is 7. The van der Waals surface area contributed by atoms with Gasteiger partial charge in [-0.25, -0.2) is 13.2 Å². The molecule has 27 heavy (non-hydrogen) atoms. The van der Waals surface area contributed by atoms with E-state index in [0.29, 0.717) is 44.9 Å². The van der Waals surface area contributed by atoms with Crippen LogP contribution in [0, 0.1) is 0 Å². The maximum absolute atomic E-state index is 12.6. The molecule has 2 aromatic rings. The molecule has 7 nitrogen and oxygen atoms in total. The Kier molecular flexibility index (Phi) is 6.54. The summed E-state index contributed by atoms with van der Waals surface area (Å²) in [6.07, 6.45) is 4.97. The molecule has 0 N–H and O–H groups in total. The van der Waals surface area contributed by atoms with Gasteiger partial charge in [0.15, 0.2) is 0 Å². The maximum Gasteiger partial charge on any atom is 0.338 e. The molecule has 0 saturated carbocycles. The number of benzene rings is 1. The lowest BCUT2D eigenvalue weighted by Crippen LogP contribution is -2.40. The fourth-order valence-electron chi connectivity index (χ4n) is 2.77. The number of aryl methyl sites for hydroxylation is 1. The first-order chi connectivity index (χ1) is 13.1. The van der Waals surface area contributed by atoms with Gasteiger partial charge in [0.25, 0.3) is 0 Å². The molecule has 0 aliphatic carbocycles. The van der Waals surface area contributed by atoms with E-state index in [9.17, 15) is 13.2 Å². The van der Waals surface area contributed by atoms with E-state index in [1.165, 1.54) is 28.6 Å². The molecule has 8 heteroatoms. The molecule has 2 heterocycles. The average molecular weight is 390 g/mol. The van der Waals surface area contributed by atoms with Gasteiger partial charge in [-0.3, -0.25) is 4.98 Å². The second-order valence-electron chi connectivity index (χ2n) is 6.14. The van der Waals surface area contributed by atoms with E-state index in [0.717, 1.165) is 12.0 Å². The predicted octanol–water partition coefficient (Wildman–Crippen LogP) is 1.89. The number of aromatic nitrogens is 1. The van der Waals surface area contributed by atoms with Crippen molar-refractivity contribution in [1.82, 2.24) is 9.29 Å². The van der Waals surface area contributed by atoms with Crippen LogP contribution in [0.4, 0.5) is 0 Å². The van der Waals surface area contributed by atoms with Crippen LogP contribution in [0.5, 0.6) is 0 Å². The van der Waals surface area contributed by atoms with Crippen molar-refractivity contribution >= 4 is 16.0 Å². The molecule has 1 aliphatic heterocycles. The Hall–Kier alpha value is -2.29. The number of esters is 1. The summed E-state index contributed by atoms with van der Waals surface area (Å²) in [5.74, 6) is -0.462. The van der Waals surface area contributed by atoms with Crippen molar-refractivity contribution in [2.75, 3.05) is 32.9 Å². The predicted molar refractivity (Wildman–Crippen MR) is 98.9 cm³/mol. The number of ether oxygens (including phenoxy) is 2. The third kappa shape index (κ3) is 5.12. The molecule has 1 saturated heterocycles. The molecule has 0 spiro atoms. The Morgan fingerprint density at radius 1 is 1.15 bits per heavy atom. The second kappa shape index (κ2) is 9.07. The summed E-state index contributed by atoms with van der Waals surface area (Å²) in [5.41, 5.74) is 1.42. The van der Waals surface area contributed by atoms with E-state index in [-0.39, 0.29) is 4.90 Å². The smallest absolute Gasteiger partial charge is 0.338 e. The van der Waals surface area contributed by atoms with Crippen LogP contribution in [0.2, 0.25) is 0 Å². The van der Waals surface area contributed by atoms with Crippen molar-refractivity contribution in [3.63, 3.8) is 0 Å². The fraction of sp³-hybridized carbons (Fsp3) is 0.368. The lowest BCUT2D eigenvalue weighted by Gasteiger charge is -2.26. The highest BCUT2D eigenvalue weighted by Crippen LogP contribution is 2.18. The van der Waals surface area contributed by atoms with Crippen LogP contribution in [0.1, 0.15) is 22.3 Å². The van der Waals surface area contributed by atoms with Crippen molar-refractivity contribution in [3.8, 4) is 0 Å². The summed E-state index contributed by atoms with van der Waals surface area (Å²) >= 11 is 0. The quantitative estimate of drug-likeness (QED) is 0.530. The van der Waals surface area contributed by atoms with Gasteiger partial charge in [0.1, 0.15) is 0 Å². The van der Waals surface area contributed by atoms with Gasteiger partial charge in [0.2, 0.25) is 10.0 Å². The molecule has 1 aliphatic rings. The first-order valence-electron chi connectivity index (χ1n) is 8.81. The topological polar surface area (TPSA) is 85.8 Å². The number of nitrogens with zero attached hydrogens (tertiary/aromatic N) is 2. The summed E-state index contributed by atoms with van der Waals surface area (Å²) < 4.78 is 37.0. The molecule has 0 radical (unpaired) electrons. The van der Waals surface area contributed by atoms with Gasteiger partial charge < -0.3 is 9.47 Å². The number of sulfonamides is 1. The normalized spacial score (nSPS) is 15.4. The molecule has 144 valence electrons. The van der Waals surface area contributed by atoms with Crippen molar-refractivity contribution in [1.29, 1.82) is 0 Å². The number of pyridine rings is 1. The van der Waals surface area contributed by atoms with Crippen LogP contribution >= 0.6 is 0 Å². The van der Waals surface area contributed by atoms with Gasteiger partial charge >= 0.3 is 5.97 Å².